The minimum Gasteiger partial charge on any atom is -0.310 e. The minimum absolute atomic E-state index is 0.784. The molecule has 0 atom stereocenters. The molecule has 0 saturated heterocycles. The van der Waals surface area contributed by atoms with E-state index in [4.69, 9.17) is 11.6 Å². The van der Waals surface area contributed by atoms with Gasteiger partial charge in [-0.05, 0) is 62.7 Å². The van der Waals surface area contributed by atoms with Gasteiger partial charge in [0.15, 0.2) is 0 Å². The van der Waals surface area contributed by atoms with Crippen molar-refractivity contribution in [2.45, 2.75) is 20.8 Å². The Morgan fingerprint density at radius 2 is 1.04 bits per heavy atom. The van der Waals surface area contributed by atoms with E-state index < -0.39 is 0 Å². The molecule has 1 nitrogen and oxygen atoms in total. The lowest BCUT2D eigenvalue weighted by molar-refractivity contribution is 1.26. The Kier molecular flexibility index (Phi) is 4.40. The van der Waals surface area contributed by atoms with Gasteiger partial charge < -0.3 is 4.90 Å². The second-order valence-electron chi connectivity index (χ2n) is 5.94. The van der Waals surface area contributed by atoms with Crippen LogP contribution in [0.4, 0.5) is 17.1 Å². The van der Waals surface area contributed by atoms with Gasteiger partial charge in [-0.15, -0.1) is 0 Å². The lowest BCUT2D eigenvalue weighted by Crippen LogP contribution is -2.10. The van der Waals surface area contributed by atoms with Crippen LogP contribution in [0.2, 0.25) is 5.02 Å². The van der Waals surface area contributed by atoms with E-state index in [1.54, 1.807) is 0 Å². The Bertz CT molecular complexity index is 759. The molecule has 2 heteroatoms. The molecule has 0 aromatic heterocycles. The summed E-state index contributed by atoms with van der Waals surface area (Å²) < 4.78 is 0. The van der Waals surface area contributed by atoms with E-state index >= 15 is 0 Å². The monoisotopic (exact) mass is 321 g/mol. The van der Waals surface area contributed by atoms with Crippen molar-refractivity contribution < 1.29 is 0 Å². The molecule has 0 aliphatic rings. The molecule has 3 rings (SSSR count). The number of hydrogen-bond donors (Lipinski definition) is 0. The van der Waals surface area contributed by atoms with Crippen LogP contribution < -0.4 is 4.90 Å². The van der Waals surface area contributed by atoms with E-state index in [0.29, 0.717) is 0 Å². The Morgan fingerprint density at radius 3 is 1.48 bits per heavy atom. The van der Waals surface area contributed by atoms with Crippen LogP contribution in [0.25, 0.3) is 0 Å². The van der Waals surface area contributed by atoms with E-state index in [1.807, 2.05) is 13.0 Å². The molecule has 23 heavy (non-hydrogen) atoms. The fourth-order valence-corrected chi connectivity index (χ4v) is 2.73. The van der Waals surface area contributed by atoms with Crippen LogP contribution in [0, 0.1) is 20.8 Å². The number of anilines is 3. The van der Waals surface area contributed by atoms with Gasteiger partial charge in [-0.2, -0.15) is 0 Å². The van der Waals surface area contributed by atoms with Crippen LogP contribution in [-0.2, 0) is 0 Å². The summed E-state index contributed by atoms with van der Waals surface area (Å²) in [7, 11) is 0. The number of halogens is 1. The van der Waals surface area contributed by atoms with Gasteiger partial charge in [-0.1, -0.05) is 53.1 Å². The fourth-order valence-electron chi connectivity index (χ4n) is 2.56. The first-order valence-corrected chi connectivity index (χ1v) is 8.12. The lowest BCUT2D eigenvalue weighted by atomic mass is 10.1. The van der Waals surface area contributed by atoms with E-state index in [9.17, 15) is 0 Å². The predicted octanol–water partition coefficient (Wildman–Crippen LogP) is 6.74. The minimum atomic E-state index is 0.784. The largest absolute Gasteiger partial charge is 0.310 e. The number of aryl methyl sites for hydroxylation is 3. The first-order valence-electron chi connectivity index (χ1n) is 7.74. The maximum Gasteiger partial charge on any atom is 0.0476 e. The summed E-state index contributed by atoms with van der Waals surface area (Å²) in [4.78, 5) is 2.23. The van der Waals surface area contributed by atoms with Crippen molar-refractivity contribution in [3.05, 3.63) is 88.4 Å². The highest BCUT2D eigenvalue weighted by Crippen LogP contribution is 2.36. The molecule has 0 fully saturated rings. The summed E-state index contributed by atoms with van der Waals surface area (Å²) in [5, 5.41) is 0.784. The van der Waals surface area contributed by atoms with E-state index in [-0.39, 0.29) is 0 Å². The Hall–Kier alpha value is -2.25. The fraction of sp³-hybridized carbons (Fsp3) is 0.143. The summed E-state index contributed by atoms with van der Waals surface area (Å²) >= 11 is 6.36. The second-order valence-corrected chi connectivity index (χ2v) is 6.35. The molecule has 0 unspecified atom stereocenters. The number of hydrogen-bond acceptors (Lipinski definition) is 1. The van der Waals surface area contributed by atoms with E-state index in [2.05, 4.69) is 79.4 Å². The topological polar surface area (TPSA) is 3.24 Å². The average molecular weight is 322 g/mol. The number of nitrogens with zero attached hydrogens (tertiary/aromatic N) is 1. The number of rotatable bonds is 3. The third-order valence-electron chi connectivity index (χ3n) is 4.00. The summed E-state index contributed by atoms with van der Waals surface area (Å²) in [6.45, 7) is 6.22. The quantitative estimate of drug-likeness (QED) is 0.516. The van der Waals surface area contributed by atoms with Gasteiger partial charge >= 0.3 is 0 Å². The van der Waals surface area contributed by atoms with Crippen molar-refractivity contribution in [1.29, 1.82) is 0 Å². The molecule has 3 aromatic carbocycles. The highest BCUT2D eigenvalue weighted by molar-refractivity contribution is 6.31. The smallest absolute Gasteiger partial charge is 0.0476 e. The maximum atomic E-state index is 6.36. The molecule has 0 amide bonds. The van der Waals surface area contributed by atoms with E-state index in [1.165, 1.54) is 11.1 Å². The molecule has 116 valence electrons. The molecule has 0 N–H and O–H groups in total. The van der Waals surface area contributed by atoms with Gasteiger partial charge in [0.1, 0.15) is 0 Å². The van der Waals surface area contributed by atoms with Gasteiger partial charge in [0.25, 0.3) is 0 Å². The molecule has 0 spiro atoms. The van der Waals surface area contributed by atoms with Gasteiger partial charge in [-0.3, -0.25) is 0 Å². The van der Waals surface area contributed by atoms with Crippen molar-refractivity contribution in [3.8, 4) is 0 Å². The summed E-state index contributed by atoms with van der Waals surface area (Å²) in [6.07, 6.45) is 0. The molecule has 0 saturated carbocycles. The molecule has 0 bridgehead atoms. The van der Waals surface area contributed by atoms with Crippen LogP contribution in [0.15, 0.2) is 66.7 Å². The molecule has 0 heterocycles. The summed E-state index contributed by atoms with van der Waals surface area (Å²) in [6, 6.07) is 23.3. The molecule has 0 radical (unpaired) electrons. The molecule has 0 aliphatic heterocycles. The zero-order valence-corrected chi connectivity index (χ0v) is 14.4. The van der Waals surface area contributed by atoms with Crippen LogP contribution in [0.3, 0.4) is 0 Å². The van der Waals surface area contributed by atoms with Gasteiger partial charge in [0, 0.05) is 22.1 Å². The lowest BCUT2D eigenvalue weighted by Gasteiger charge is -2.26. The standard InChI is InChI=1S/C21H20ClN/c1-15-4-9-18(10-5-15)23(19-11-6-16(2)7-12-19)20-13-8-17(3)21(22)14-20/h4-14H,1-3H3. The van der Waals surface area contributed by atoms with Crippen LogP contribution >= 0.6 is 11.6 Å². The second kappa shape index (κ2) is 6.47. The zero-order valence-electron chi connectivity index (χ0n) is 13.7. The normalized spacial score (nSPS) is 10.6. The third kappa shape index (κ3) is 3.40. The van der Waals surface area contributed by atoms with Gasteiger partial charge in [-0.25, -0.2) is 0 Å². The van der Waals surface area contributed by atoms with Crippen molar-refractivity contribution >= 4 is 28.7 Å². The molecular weight excluding hydrogens is 302 g/mol. The highest BCUT2D eigenvalue weighted by atomic mass is 35.5. The van der Waals surface area contributed by atoms with Crippen molar-refractivity contribution in [1.82, 2.24) is 0 Å². The predicted molar refractivity (Wildman–Crippen MR) is 100 cm³/mol. The molecule has 3 aromatic rings. The van der Waals surface area contributed by atoms with Crippen molar-refractivity contribution in [2.75, 3.05) is 4.90 Å². The van der Waals surface area contributed by atoms with Crippen molar-refractivity contribution in [2.24, 2.45) is 0 Å². The summed E-state index contributed by atoms with van der Waals surface area (Å²) in [5.74, 6) is 0. The van der Waals surface area contributed by atoms with E-state index in [0.717, 1.165) is 27.6 Å². The first kappa shape index (κ1) is 15.6. The number of benzene rings is 3. The van der Waals surface area contributed by atoms with Crippen LogP contribution in [0.5, 0.6) is 0 Å². The summed E-state index contributed by atoms with van der Waals surface area (Å²) in [5.41, 5.74) is 6.90. The zero-order chi connectivity index (χ0) is 16.4. The molecular formula is C21H20ClN. The first-order chi connectivity index (χ1) is 11.0. The van der Waals surface area contributed by atoms with Gasteiger partial charge in [0.05, 0.1) is 0 Å². The highest BCUT2D eigenvalue weighted by Gasteiger charge is 2.13. The Labute approximate surface area is 143 Å². The van der Waals surface area contributed by atoms with Crippen LogP contribution in [0.1, 0.15) is 16.7 Å². The third-order valence-corrected chi connectivity index (χ3v) is 4.41. The van der Waals surface area contributed by atoms with Gasteiger partial charge in [0.2, 0.25) is 0 Å². The molecule has 0 aliphatic carbocycles. The Morgan fingerprint density at radius 1 is 0.609 bits per heavy atom. The maximum absolute atomic E-state index is 6.36. The average Bonchev–Trinajstić information content (AvgIpc) is 2.55. The Balaban J connectivity index is 2.14. The van der Waals surface area contributed by atoms with Crippen LogP contribution in [-0.4, -0.2) is 0 Å². The SMILES string of the molecule is Cc1ccc(N(c2ccc(C)cc2)c2ccc(C)c(Cl)c2)cc1. The van der Waals surface area contributed by atoms with Crippen molar-refractivity contribution in [3.63, 3.8) is 0 Å².